The molecule has 0 N–H and O–H groups in total. The number of alkyl halides is 2. The van der Waals surface area contributed by atoms with Gasteiger partial charge in [-0.1, -0.05) is 0 Å². The Morgan fingerprint density at radius 1 is 1.62 bits per heavy atom. The van der Waals surface area contributed by atoms with Crippen molar-refractivity contribution in [3.8, 4) is 0 Å². The predicted molar refractivity (Wildman–Crippen MR) is 30.6 cm³/mol. The van der Waals surface area contributed by atoms with Crippen molar-refractivity contribution < 1.29 is 26.0 Å². The van der Waals surface area contributed by atoms with Crippen LogP contribution in [-0.2, 0) is 4.84 Å². The Labute approximate surface area is 61.2 Å². The average Bonchev–Trinajstić information content (AvgIpc) is 1.81. The quantitative estimate of drug-likeness (QED) is 0.232. The summed E-state index contributed by atoms with van der Waals surface area (Å²) < 4.78 is 1.37. The minimum absolute atomic E-state index is 0.474. The Morgan fingerprint density at radius 2 is 2.38 bits per heavy atom. The molecule has 0 amide bonds. The molecule has 0 bridgehead atoms. The van der Waals surface area contributed by atoms with Crippen LogP contribution in [0.5, 0.6) is 0 Å². The first kappa shape index (κ1) is 8.65. The van der Waals surface area contributed by atoms with E-state index in [2.05, 4.69) is 15.2 Å². The fourth-order valence-corrected chi connectivity index (χ4v) is 1.45. The van der Waals surface area contributed by atoms with Gasteiger partial charge < -0.3 is 0 Å². The molecule has 0 rings (SSSR count). The third-order valence-electron chi connectivity index (χ3n) is 0.701. The zero-order chi connectivity index (χ0) is 6.24. The summed E-state index contributed by atoms with van der Waals surface area (Å²) in [6.45, 7) is 0.879. The van der Waals surface area contributed by atoms with Gasteiger partial charge in [0.2, 0.25) is 0 Å². The third-order valence-corrected chi connectivity index (χ3v) is 2.54. The van der Waals surface area contributed by atoms with Gasteiger partial charge in [0.25, 0.3) is 0 Å². The molecule has 0 radical (unpaired) electrons. The van der Waals surface area contributed by atoms with Crippen molar-refractivity contribution in [3.63, 3.8) is 0 Å². The Morgan fingerprint density at radius 3 is 2.88 bits per heavy atom. The molecule has 0 fully saturated rings. The summed E-state index contributed by atoms with van der Waals surface area (Å²) in [5.74, 6) is 0. The molecule has 0 aliphatic rings. The summed E-state index contributed by atoms with van der Waals surface area (Å²) in [7, 11) is 1.60. The van der Waals surface area contributed by atoms with E-state index in [1.54, 1.807) is 7.11 Å². The first-order valence-corrected chi connectivity index (χ1v) is 6.24. The Balaban J connectivity index is 2.53. The fraction of sp³-hybridized carbons (Fsp3) is 1.00. The van der Waals surface area contributed by atoms with Crippen molar-refractivity contribution in [2.45, 2.75) is 6.42 Å². The van der Waals surface area contributed by atoms with Gasteiger partial charge in [-0.25, -0.2) is 0 Å². The molecule has 0 spiro atoms. The van der Waals surface area contributed by atoms with Crippen molar-refractivity contribution in [2.75, 3.05) is 23.0 Å². The molecule has 3 heteroatoms. The summed E-state index contributed by atoms with van der Waals surface area (Å²) in [5, 5.41) is 0. The van der Waals surface area contributed by atoms with Crippen LogP contribution in [-0.4, -0.2) is 23.0 Å². The Bertz CT molecular complexity index is 37.4. The van der Waals surface area contributed by atoms with E-state index in [0.717, 1.165) is 6.54 Å². The SMILES string of the molecule is CO[N-]CCC[I-]C. The van der Waals surface area contributed by atoms with Gasteiger partial charge in [0.15, 0.2) is 0 Å². The number of hydrogen-bond acceptors (Lipinski definition) is 1. The van der Waals surface area contributed by atoms with Crippen LogP contribution >= 0.6 is 0 Å². The topological polar surface area (TPSA) is 23.3 Å². The van der Waals surface area contributed by atoms with Gasteiger partial charge in [-0.15, -0.1) is 0 Å². The molecule has 0 unspecified atom stereocenters. The van der Waals surface area contributed by atoms with Crippen molar-refractivity contribution >= 4 is 0 Å². The number of halogens is 1. The maximum absolute atomic E-state index is 4.53. The monoisotopic (exact) mass is 229 g/mol. The molecule has 0 atom stereocenters. The summed E-state index contributed by atoms with van der Waals surface area (Å²) in [6, 6.07) is 0. The van der Waals surface area contributed by atoms with Gasteiger partial charge in [0.05, 0.1) is 0 Å². The molecule has 2 nitrogen and oxygen atoms in total. The summed E-state index contributed by atoms with van der Waals surface area (Å²) in [5.41, 5.74) is 3.73. The average molecular weight is 229 g/mol. The van der Waals surface area contributed by atoms with Gasteiger partial charge in [0, 0.05) is 0 Å². The number of rotatable bonds is 5. The normalized spacial score (nSPS) is 10.2. The zero-order valence-corrected chi connectivity index (χ0v) is 7.51. The van der Waals surface area contributed by atoms with Crippen LogP contribution in [0.3, 0.4) is 0 Å². The van der Waals surface area contributed by atoms with Crippen LogP contribution in [0, 0.1) is 0 Å². The molecule has 0 aliphatic carbocycles. The van der Waals surface area contributed by atoms with E-state index in [0.29, 0.717) is 21.2 Å². The molecule has 0 saturated heterocycles. The van der Waals surface area contributed by atoms with Crippen LogP contribution in [0.2, 0.25) is 0 Å². The molecule has 0 aromatic rings. The van der Waals surface area contributed by atoms with Crippen molar-refractivity contribution in [1.29, 1.82) is 0 Å². The molecule has 0 saturated carbocycles. The van der Waals surface area contributed by atoms with Gasteiger partial charge in [-0.2, -0.15) is 0 Å². The second-order valence-corrected chi connectivity index (χ2v) is 3.95. The van der Waals surface area contributed by atoms with Crippen LogP contribution in [0.1, 0.15) is 6.42 Å². The first-order valence-electron chi connectivity index (χ1n) is 2.55. The Hall–Kier alpha value is 0.650. The van der Waals surface area contributed by atoms with Gasteiger partial charge in [-0.05, 0) is 0 Å². The zero-order valence-electron chi connectivity index (χ0n) is 5.35. The summed E-state index contributed by atoms with van der Waals surface area (Å²) >= 11 is 0.474. The molecule has 0 aromatic carbocycles. The van der Waals surface area contributed by atoms with Gasteiger partial charge >= 0.3 is 61.0 Å². The summed E-state index contributed by atoms with van der Waals surface area (Å²) in [4.78, 5) is 6.81. The Kier molecular flexibility index (Phi) is 8.27. The standard InChI is InChI=1S/C5H12INO/c1-6-4-3-5-7-8-2/h3-5H2,1-2H3/q-2. The number of hydrogen-bond donors (Lipinski definition) is 0. The van der Waals surface area contributed by atoms with Crippen LogP contribution < -0.4 is 21.2 Å². The van der Waals surface area contributed by atoms with E-state index in [4.69, 9.17) is 0 Å². The van der Waals surface area contributed by atoms with Gasteiger partial charge in [0.1, 0.15) is 0 Å². The van der Waals surface area contributed by atoms with Crippen LogP contribution in [0.4, 0.5) is 0 Å². The van der Waals surface area contributed by atoms with E-state index in [1.165, 1.54) is 10.8 Å². The fourth-order valence-electron chi connectivity index (χ4n) is 0.349. The van der Waals surface area contributed by atoms with Crippen molar-refractivity contribution in [3.05, 3.63) is 5.48 Å². The minimum atomic E-state index is 0.474. The van der Waals surface area contributed by atoms with E-state index < -0.39 is 0 Å². The maximum atomic E-state index is 4.53. The van der Waals surface area contributed by atoms with Crippen molar-refractivity contribution in [2.24, 2.45) is 0 Å². The molecule has 52 valence electrons. The van der Waals surface area contributed by atoms with Crippen LogP contribution in [0.25, 0.3) is 5.48 Å². The van der Waals surface area contributed by atoms with Crippen LogP contribution in [0.15, 0.2) is 0 Å². The number of nitrogens with zero attached hydrogens (tertiary/aromatic N) is 1. The molecule has 8 heavy (non-hydrogen) atoms. The number of hydroxylamine groups is 1. The van der Waals surface area contributed by atoms with E-state index in [9.17, 15) is 0 Å². The van der Waals surface area contributed by atoms with Gasteiger partial charge in [-0.3, -0.25) is 0 Å². The molecular weight excluding hydrogens is 217 g/mol. The first-order chi connectivity index (χ1) is 3.91. The van der Waals surface area contributed by atoms with Crippen molar-refractivity contribution in [1.82, 2.24) is 0 Å². The molecular formula is C5H12INO-2. The molecule has 0 aromatic heterocycles. The second kappa shape index (κ2) is 7.65. The third kappa shape index (κ3) is 6.65. The summed E-state index contributed by atoms with van der Waals surface area (Å²) in [6.07, 6.45) is 1.21. The van der Waals surface area contributed by atoms with E-state index in [1.807, 2.05) is 0 Å². The molecule has 0 heterocycles. The predicted octanol–water partition coefficient (Wildman–Crippen LogP) is -1.97. The second-order valence-electron chi connectivity index (χ2n) is 1.35. The molecule has 0 aliphatic heterocycles. The van der Waals surface area contributed by atoms with E-state index >= 15 is 0 Å². The van der Waals surface area contributed by atoms with E-state index in [-0.39, 0.29) is 0 Å².